The van der Waals surface area contributed by atoms with Gasteiger partial charge < -0.3 is 5.84 Å². The van der Waals surface area contributed by atoms with Crippen LogP contribution in [0.2, 0.25) is 0 Å². The highest BCUT2D eigenvalue weighted by Gasteiger charge is 2.03. The fraction of sp³-hybridized carbons (Fsp3) is 0.273. The molecule has 0 fully saturated rings. The molecule has 0 aliphatic carbocycles. The number of hydrogen-bond acceptors (Lipinski definition) is 3. The van der Waals surface area contributed by atoms with Crippen LogP contribution >= 0.6 is 12.2 Å². The Morgan fingerprint density at radius 2 is 1.94 bits per heavy atom. The van der Waals surface area contributed by atoms with Gasteiger partial charge >= 0.3 is 0 Å². The molecular formula is C11H14N4S. The molecule has 2 rings (SSSR count). The van der Waals surface area contributed by atoms with Crippen molar-refractivity contribution < 1.29 is 0 Å². The van der Waals surface area contributed by atoms with Gasteiger partial charge in [0.2, 0.25) is 4.77 Å². The van der Waals surface area contributed by atoms with Gasteiger partial charge in [0.05, 0.1) is 0 Å². The number of aryl methyl sites for hydroxylation is 1. The number of aromatic amines is 1. The summed E-state index contributed by atoms with van der Waals surface area (Å²) in [6.07, 6.45) is 1.74. The molecule has 0 spiro atoms. The molecule has 5 heteroatoms. The maximum absolute atomic E-state index is 5.73. The summed E-state index contributed by atoms with van der Waals surface area (Å²) in [4.78, 5) is 0. The zero-order valence-electron chi connectivity index (χ0n) is 9.10. The number of benzene rings is 1. The Morgan fingerprint density at radius 1 is 1.31 bits per heavy atom. The Balaban J connectivity index is 2.20. The third-order valence-electron chi connectivity index (χ3n) is 2.57. The standard InChI is InChI=1S/C11H14N4S/c1-2-8-3-5-9(6-4-8)7-10-13-14-11(16)15(10)12/h3-6H,2,7,12H2,1H3,(H,14,16). The molecule has 84 valence electrons. The molecular weight excluding hydrogens is 220 g/mol. The van der Waals surface area contributed by atoms with E-state index in [0.29, 0.717) is 11.2 Å². The van der Waals surface area contributed by atoms with E-state index in [1.54, 1.807) is 0 Å². The molecule has 1 aromatic heterocycles. The lowest BCUT2D eigenvalue weighted by Gasteiger charge is -2.02. The predicted molar refractivity (Wildman–Crippen MR) is 66.2 cm³/mol. The highest BCUT2D eigenvalue weighted by atomic mass is 32.1. The van der Waals surface area contributed by atoms with Gasteiger partial charge in [-0.3, -0.25) is 5.10 Å². The quantitative estimate of drug-likeness (QED) is 0.629. The molecule has 2 aromatic rings. The van der Waals surface area contributed by atoms with Crippen molar-refractivity contribution in [1.29, 1.82) is 0 Å². The van der Waals surface area contributed by atoms with Crippen LogP contribution in [0.1, 0.15) is 23.9 Å². The van der Waals surface area contributed by atoms with E-state index in [9.17, 15) is 0 Å². The van der Waals surface area contributed by atoms with E-state index in [1.807, 2.05) is 0 Å². The van der Waals surface area contributed by atoms with Gasteiger partial charge in [0.1, 0.15) is 0 Å². The number of aromatic nitrogens is 3. The van der Waals surface area contributed by atoms with Crippen molar-refractivity contribution in [2.75, 3.05) is 5.84 Å². The molecule has 4 nitrogen and oxygen atoms in total. The Morgan fingerprint density at radius 3 is 2.44 bits per heavy atom. The van der Waals surface area contributed by atoms with Crippen LogP contribution in [0.5, 0.6) is 0 Å². The Labute approximate surface area is 99.1 Å². The molecule has 0 aliphatic rings. The monoisotopic (exact) mass is 234 g/mol. The van der Waals surface area contributed by atoms with Gasteiger partial charge in [-0.2, -0.15) is 5.10 Å². The van der Waals surface area contributed by atoms with Gasteiger partial charge in [0, 0.05) is 6.42 Å². The summed E-state index contributed by atoms with van der Waals surface area (Å²) in [5, 5.41) is 6.74. The summed E-state index contributed by atoms with van der Waals surface area (Å²) in [6.45, 7) is 2.14. The minimum Gasteiger partial charge on any atom is -0.335 e. The summed E-state index contributed by atoms with van der Waals surface area (Å²) in [5.74, 6) is 6.47. The lowest BCUT2D eigenvalue weighted by molar-refractivity contribution is 0.867. The lowest BCUT2D eigenvalue weighted by atomic mass is 10.1. The Kier molecular flexibility index (Phi) is 3.05. The maximum atomic E-state index is 5.73. The van der Waals surface area contributed by atoms with E-state index >= 15 is 0 Å². The highest BCUT2D eigenvalue weighted by molar-refractivity contribution is 7.71. The normalized spacial score (nSPS) is 10.6. The summed E-state index contributed by atoms with van der Waals surface area (Å²) in [6, 6.07) is 8.43. The van der Waals surface area contributed by atoms with Crippen LogP contribution in [0, 0.1) is 4.77 Å². The largest absolute Gasteiger partial charge is 0.335 e. The number of nitrogens with one attached hydrogen (secondary N) is 1. The molecule has 0 bridgehead atoms. The van der Waals surface area contributed by atoms with Crippen LogP contribution in [0.3, 0.4) is 0 Å². The summed E-state index contributed by atoms with van der Waals surface area (Å²) < 4.78 is 1.85. The minimum absolute atomic E-state index is 0.445. The van der Waals surface area contributed by atoms with Crippen molar-refractivity contribution in [1.82, 2.24) is 14.9 Å². The van der Waals surface area contributed by atoms with E-state index in [-0.39, 0.29) is 0 Å². The van der Waals surface area contributed by atoms with Gasteiger partial charge in [-0.15, -0.1) is 0 Å². The van der Waals surface area contributed by atoms with Crippen molar-refractivity contribution in [3.63, 3.8) is 0 Å². The van der Waals surface area contributed by atoms with E-state index in [0.717, 1.165) is 12.2 Å². The molecule has 0 aliphatic heterocycles. The molecule has 3 N–H and O–H groups in total. The molecule has 0 radical (unpaired) electrons. The lowest BCUT2D eigenvalue weighted by Crippen LogP contribution is -2.13. The van der Waals surface area contributed by atoms with Gasteiger partial charge in [-0.25, -0.2) is 4.68 Å². The topological polar surface area (TPSA) is 59.6 Å². The average molecular weight is 234 g/mol. The van der Waals surface area contributed by atoms with Crippen LogP contribution in [0.4, 0.5) is 0 Å². The number of nitrogens with zero attached hydrogens (tertiary/aromatic N) is 2. The first-order valence-electron chi connectivity index (χ1n) is 5.20. The number of nitrogens with two attached hydrogens (primary N) is 1. The molecule has 0 unspecified atom stereocenters. The first-order valence-corrected chi connectivity index (χ1v) is 5.60. The first kappa shape index (κ1) is 10.9. The van der Waals surface area contributed by atoms with E-state index in [1.165, 1.54) is 15.8 Å². The van der Waals surface area contributed by atoms with Gasteiger partial charge in [-0.05, 0) is 29.8 Å². The zero-order chi connectivity index (χ0) is 11.5. The fourth-order valence-corrected chi connectivity index (χ4v) is 1.69. The van der Waals surface area contributed by atoms with Crippen LogP contribution in [-0.2, 0) is 12.8 Å². The Bertz CT molecular complexity index is 524. The second-order valence-corrected chi connectivity index (χ2v) is 4.05. The molecule has 0 amide bonds. The molecule has 0 saturated heterocycles. The molecule has 1 heterocycles. The number of hydrogen-bond donors (Lipinski definition) is 2. The maximum Gasteiger partial charge on any atom is 0.214 e. The van der Waals surface area contributed by atoms with E-state index in [2.05, 4.69) is 41.4 Å². The number of rotatable bonds is 3. The summed E-state index contributed by atoms with van der Waals surface area (Å²) in [7, 11) is 0. The SMILES string of the molecule is CCc1ccc(Cc2n[nH]c(=S)n2N)cc1. The zero-order valence-corrected chi connectivity index (χ0v) is 9.92. The average Bonchev–Trinajstić information content (AvgIpc) is 2.62. The van der Waals surface area contributed by atoms with Crippen LogP contribution in [0.25, 0.3) is 0 Å². The van der Waals surface area contributed by atoms with Crippen LogP contribution in [-0.4, -0.2) is 14.9 Å². The second-order valence-electron chi connectivity index (χ2n) is 3.66. The first-order chi connectivity index (χ1) is 7.70. The van der Waals surface area contributed by atoms with Gasteiger partial charge in [0.15, 0.2) is 5.82 Å². The third-order valence-corrected chi connectivity index (χ3v) is 2.86. The molecule has 1 aromatic carbocycles. The van der Waals surface area contributed by atoms with Crippen molar-refractivity contribution in [3.05, 3.63) is 46.0 Å². The smallest absolute Gasteiger partial charge is 0.214 e. The van der Waals surface area contributed by atoms with Gasteiger partial charge in [0.25, 0.3) is 0 Å². The summed E-state index contributed by atoms with van der Waals surface area (Å²) >= 11 is 4.95. The van der Waals surface area contributed by atoms with E-state index in [4.69, 9.17) is 18.1 Å². The van der Waals surface area contributed by atoms with Crippen molar-refractivity contribution in [2.45, 2.75) is 19.8 Å². The second kappa shape index (κ2) is 4.49. The predicted octanol–water partition coefficient (Wildman–Crippen LogP) is 1.81. The molecule has 0 saturated carbocycles. The number of H-pyrrole nitrogens is 1. The molecule has 0 atom stereocenters. The van der Waals surface area contributed by atoms with Gasteiger partial charge in [-0.1, -0.05) is 31.2 Å². The minimum atomic E-state index is 0.445. The van der Waals surface area contributed by atoms with Crippen molar-refractivity contribution in [3.8, 4) is 0 Å². The van der Waals surface area contributed by atoms with Crippen LogP contribution in [0.15, 0.2) is 24.3 Å². The number of nitrogen functional groups attached to an aromatic ring is 1. The highest BCUT2D eigenvalue weighted by Crippen LogP contribution is 2.08. The molecule has 16 heavy (non-hydrogen) atoms. The van der Waals surface area contributed by atoms with Crippen molar-refractivity contribution >= 4 is 12.2 Å². The third kappa shape index (κ3) is 2.14. The van der Waals surface area contributed by atoms with Crippen molar-refractivity contribution in [2.24, 2.45) is 0 Å². The van der Waals surface area contributed by atoms with E-state index < -0.39 is 0 Å². The Hall–Kier alpha value is -1.62. The summed E-state index contributed by atoms with van der Waals surface area (Å²) in [5.41, 5.74) is 2.51. The fourth-order valence-electron chi connectivity index (χ4n) is 1.54. The van der Waals surface area contributed by atoms with Crippen LogP contribution < -0.4 is 5.84 Å².